The predicted molar refractivity (Wildman–Crippen MR) is 187 cm³/mol. The Morgan fingerprint density at radius 1 is 1.08 bits per heavy atom. The molecule has 2 N–H and O–H groups in total. The number of nitrogens with zero attached hydrogens (tertiary/aromatic N) is 2. The number of rotatable bonds is 10. The van der Waals surface area contributed by atoms with Crippen LogP contribution in [0.3, 0.4) is 0 Å². The lowest BCUT2D eigenvalue weighted by Gasteiger charge is -2.11. The van der Waals surface area contributed by atoms with Gasteiger partial charge < -0.3 is 10.1 Å². The summed E-state index contributed by atoms with van der Waals surface area (Å²) in [6.45, 7) is 1.96. The van der Waals surface area contributed by atoms with Crippen molar-refractivity contribution in [3.05, 3.63) is 100 Å². The first-order valence-corrected chi connectivity index (χ1v) is 17.0. The lowest BCUT2D eigenvalue weighted by atomic mass is 9.93. The number of anilines is 1. The van der Waals surface area contributed by atoms with Crippen LogP contribution in [0.4, 0.5) is 23.7 Å². The molecule has 3 aromatic rings. The number of carbonyl (C=O) groups is 2. The van der Waals surface area contributed by atoms with E-state index in [0.717, 1.165) is 54.4 Å². The van der Waals surface area contributed by atoms with Crippen molar-refractivity contribution < 1.29 is 27.5 Å². The number of hydrogen-bond donors (Lipinski definition) is 2. The lowest BCUT2D eigenvalue weighted by molar-refractivity contribution is -0.274. The molecule has 11 heteroatoms. The highest BCUT2D eigenvalue weighted by molar-refractivity contribution is 8.14. The van der Waals surface area contributed by atoms with Gasteiger partial charge in [-0.15, -0.1) is 13.2 Å². The molecule has 48 heavy (non-hydrogen) atoms. The number of thioether (sulfide) groups is 1. The number of halogens is 3. The second-order valence-electron chi connectivity index (χ2n) is 11.7. The fourth-order valence-electron chi connectivity index (χ4n) is 5.87. The second-order valence-corrected chi connectivity index (χ2v) is 12.7. The Labute approximate surface area is 282 Å². The van der Waals surface area contributed by atoms with Crippen molar-refractivity contribution in [1.82, 2.24) is 0 Å². The largest absolute Gasteiger partial charge is 0.573 e. The molecule has 0 aromatic heterocycles. The number of alkyl halides is 3. The van der Waals surface area contributed by atoms with Gasteiger partial charge in [-0.3, -0.25) is 10.2 Å². The predicted octanol–water partition coefficient (Wildman–Crippen LogP) is 9.17. The number of carbonyl (C=O) groups excluding carboxylic acids is 2. The Morgan fingerprint density at radius 2 is 1.90 bits per heavy atom. The van der Waals surface area contributed by atoms with E-state index in [0.29, 0.717) is 42.0 Å². The second kappa shape index (κ2) is 16.1. The van der Waals surface area contributed by atoms with Crippen molar-refractivity contribution >= 4 is 51.9 Å². The summed E-state index contributed by atoms with van der Waals surface area (Å²) in [5.74, 6) is 0.232. The Hall–Kier alpha value is -4.51. The number of aliphatic imine (C=N–C) groups is 2. The highest BCUT2D eigenvalue weighted by Crippen LogP contribution is 2.33. The Bertz CT molecular complexity index is 1760. The monoisotopic (exact) mass is 674 g/mol. The summed E-state index contributed by atoms with van der Waals surface area (Å²) in [5.41, 5.74) is 7.58. The quantitative estimate of drug-likeness (QED) is 0.127. The van der Waals surface area contributed by atoms with Crippen LogP contribution in [0.2, 0.25) is 0 Å². The molecule has 1 aliphatic carbocycles. The molecular weight excluding hydrogens is 637 g/mol. The van der Waals surface area contributed by atoms with Gasteiger partial charge in [-0.05, 0) is 121 Å². The number of ether oxygens (including phenoxy) is 1. The Balaban J connectivity index is 1.15. The molecule has 0 saturated heterocycles. The maximum atomic E-state index is 13.0. The third-order valence-corrected chi connectivity index (χ3v) is 9.17. The van der Waals surface area contributed by atoms with Crippen LogP contribution in [-0.2, 0) is 30.5 Å². The summed E-state index contributed by atoms with van der Waals surface area (Å²) in [5, 5.41) is 11.8. The highest BCUT2D eigenvalue weighted by atomic mass is 32.2. The first kappa shape index (κ1) is 34.8. The average molecular weight is 675 g/mol. The molecule has 0 spiro atoms. The van der Waals surface area contributed by atoms with Crippen LogP contribution in [0, 0.1) is 5.41 Å². The SMILES string of the molecule is CCc1cc(C(=N)N=CCCCCc2ccc(OC(F)(F)F)cc2)ccc1NC(=O)/N=C1/C=C(c2cccc3c2CCC3)CC(=O)CS1. The minimum absolute atomic E-state index is 0.104. The zero-order valence-corrected chi connectivity index (χ0v) is 27.5. The molecule has 0 bridgehead atoms. The normalized spacial score (nSPS) is 15.7. The van der Waals surface area contributed by atoms with E-state index in [9.17, 15) is 22.8 Å². The molecule has 7 nitrogen and oxygen atoms in total. The van der Waals surface area contributed by atoms with Gasteiger partial charge >= 0.3 is 12.4 Å². The topological polar surface area (TPSA) is 104 Å². The van der Waals surface area contributed by atoms with E-state index in [4.69, 9.17) is 5.41 Å². The van der Waals surface area contributed by atoms with E-state index in [-0.39, 0.29) is 23.1 Å². The van der Waals surface area contributed by atoms with E-state index >= 15 is 0 Å². The zero-order valence-electron chi connectivity index (χ0n) is 26.7. The van der Waals surface area contributed by atoms with Crippen LogP contribution in [0.25, 0.3) is 5.57 Å². The van der Waals surface area contributed by atoms with Crippen LogP contribution in [0.15, 0.2) is 76.7 Å². The molecule has 250 valence electrons. The standard InChI is InChI=1S/C37H37F3N4O3S/c1-2-25-20-27(35(41)42-19-5-3-4-8-24-13-16-30(17-14-24)47-37(38,39)40)15-18-33(25)43-36(46)44-34-22-28(21-29(45)23-48-34)32-12-7-10-26-9-6-11-31(26)32/h7,10,12-20,22,41H,2-6,8-9,11,21,23H2,1H3,(H,43,46)/b41-35?,42-19?,44-34-. The third kappa shape index (κ3) is 9.76. The molecule has 1 heterocycles. The number of nitrogens with one attached hydrogen (secondary N) is 2. The van der Waals surface area contributed by atoms with Crippen molar-refractivity contribution in [1.29, 1.82) is 5.41 Å². The van der Waals surface area contributed by atoms with Gasteiger partial charge in [0.15, 0.2) is 5.84 Å². The van der Waals surface area contributed by atoms with Crippen LogP contribution >= 0.6 is 11.8 Å². The Kier molecular flexibility index (Phi) is 11.6. The van der Waals surface area contributed by atoms with Gasteiger partial charge in [0.25, 0.3) is 0 Å². The van der Waals surface area contributed by atoms with Gasteiger partial charge in [-0.25, -0.2) is 9.79 Å². The molecule has 1 aliphatic heterocycles. The molecule has 5 rings (SSSR count). The van der Waals surface area contributed by atoms with Gasteiger partial charge in [0.05, 0.1) is 5.75 Å². The zero-order chi connectivity index (χ0) is 34.1. The highest BCUT2D eigenvalue weighted by Gasteiger charge is 2.31. The number of hydrogen-bond acceptors (Lipinski definition) is 5. The van der Waals surface area contributed by atoms with Crippen molar-refractivity contribution in [2.75, 3.05) is 11.1 Å². The summed E-state index contributed by atoms with van der Waals surface area (Å²) in [6, 6.07) is 16.9. The summed E-state index contributed by atoms with van der Waals surface area (Å²) >= 11 is 1.27. The van der Waals surface area contributed by atoms with Gasteiger partial charge in [0.2, 0.25) is 0 Å². The van der Waals surface area contributed by atoms with E-state index < -0.39 is 12.4 Å². The van der Waals surface area contributed by atoms with Crippen LogP contribution in [0.5, 0.6) is 5.75 Å². The van der Waals surface area contributed by atoms with E-state index in [1.54, 1.807) is 30.5 Å². The maximum Gasteiger partial charge on any atom is 0.573 e. The van der Waals surface area contributed by atoms with E-state index in [1.807, 2.05) is 25.1 Å². The van der Waals surface area contributed by atoms with Crippen molar-refractivity contribution in [3.8, 4) is 5.75 Å². The van der Waals surface area contributed by atoms with Gasteiger partial charge in [0.1, 0.15) is 16.6 Å². The number of Topliss-reactive ketones (excluding diaryl/α,β-unsaturated/α-hetero) is 1. The molecule has 0 radical (unpaired) electrons. The first-order chi connectivity index (χ1) is 23.1. The van der Waals surface area contributed by atoms with Crippen LogP contribution < -0.4 is 10.1 Å². The summed E-state index contributed by atoms with van der Waals surface area (Å²) in [7, 11) is 0. The summed E-state index contributed by atoms with van der Waals surface area (Å²) in [6.07, 6.45) is 5.93. The van der Waals surface area contributed by atoms with E-state index in [1.165, 1.54) is 35.0 Å². The lowest BCUT2D eigenvalue weighted by Crippen LogP contribution is -2.17. The minimum atomic E-state index is -4.70. The number of benzene rings is 3. The first-order valence-electron chi connectivity index (χ1n) is 16.0. The number of unbranched alkanes of at least 4 members (excludes halogenated alkanes) is 2. The maximum absolute atomic E-state index is 13.0. The number of aryl methyl sites for hydroxylation is 3. The number of ketones is 1. The van der Waals surface area contributed by atoms with Gasteiger partial charge in [-0.2, -0.15) is 4.99 Å². The van der Waals surface area contributed by atoms with Gasteiger partial charge in [-0.1, -0.05) is 49.0 Å². The number of amides is 2. The molecule has 2 aliphatic rings. The summed E-state index contributed by atoms with van der Waals surface area (Å²) in [4.78, 5) is 34.2. The van der Waals surface area contributed by atoms with Crippen molar-refractivity contribution in [3.63, 3.8) is 0 Å². The number of amidine groups is 1. The van der Waals surface area contributed by atoms with Crippen molar-refractivity contribution in [2.24, 2.45) is 9.98 Å². The minimum Gasteiger partial charge on any atom is -0.406 e. The van der Waals surface area contributed by atoms with E-state index in [2.05, 4.69) is 32.2 Å². The Morgan fingerprint density at radius 3 is 2.67 bits per heavy atom. The number of fused-ring (bicyclic) bond motifs is 1. The van der Waals surface area contributed by atoms with Crippen LogP contribution in [0.1, 0.15) is 72.4 Å². The molecule has 2 amide bonds. The molecule has 0 fully saturated rings. The molecule has 3 aromatic carbocycles. The van der Waals surface area contributed by atoms with Crippen molar-refractivity contribution in [2.45, 2.75) is 71.1 Å². The van der Waals surface area contributed by atoms with Gasteiger partial charge in [0, 0.05) is 23.9 Å². The summed E-state index contributed by atoms with van der Waals surface area (Å²) < 4.78 is 40.9. The molecule has 0 unspecified atom stereocenters. The molecule has 0 saturated carbocycles. The fraction of sp³-hybridized carbons (Fsp3) is 0.324. The third-order valence-electron chi connectivity index (χ3n) is 8.20. The fourth-order valence-corrected chi connectivity index (χ4v) is 6.65. The molecule has 0 atom stereocenters. The number of allylic oxidation sites excluding steroid dienone is 1. The molecular formula is C37H37F3N4O3S. The smallest absolute Gasteiger partial charge is 0.406 e. The van der Waals surface area contributed by atoms with Crippen LogP contribution in [-0.4, -0.2) is 41.0 Å². The number of urea groups is 1. The average Bonchev–Trinajstić information content (AvgIpc) is 3.46.